The molecule has 276 valence electrons. The van der Waals surface area contributed by atoms with Crippen molar-refractivity contribution in [1.82, 2.24) is 0 Å². The van der Waals surface area contributed by atoms with Crippen LogP contribution in [0.3, 0.4) is 0 Å². The molecule has 1 aromatic carbocycles. The summed E-state index contributed by atoms with van der Waals surface area (Å²) >= 11 is 0. The molecule has 1 aliphatic heterocycles. The molecule has 50 heavy (non-hydrogen) atoms. The van der Waals surface area contributed by atoms with E-state index in [1.807, 2.05) is 19.9 Å². The number of allylic oxidation sites excluding steroid dienone is 1. The Balaban J connectivity index is 1.39. The highest BCUT2D eigenvalue weighted by Gasteiger charge is 2.72. The van der Waals surface area contributed by atoms with Crippen LogP contribution in [0.25, 0.3) is 0 Å². The number of aliphatic hydroxyl groups excluding tert-OH is 2. The monoisotopic (exact) mass is 694 g/mol. The third-order valence-corrected chi connectivity index (χ3v) is 14.5. The predicted octanol–water partition coefficient (Wildman–Crippen LogP) is 6.44. The normalized spacial score (nSPS) is 43.2. The van der Waals surface area contributed by atoms with Crippen molar-refractivity contribution in [3.63, 3.8) is 0 Å². The van der Waals surface area contributed by atoms with Crippen molar-refractivity contribution in [1.29, 1.82) is 0 Å². The van der Waals surface area contributed by atoms with Crippen LogP contribution in [0.5, 0.6) is 0 Å². The van der Waals surface area contributed by atoms with E-state index in [-0.39, 0.29) is 41.0 Å². The number of carbonyl (C=O) groups excluding carboxylic acids is 3. The third-order valence-electron chi connectivity index (χ3n) is 14.5. The molecule has 2 N–H and O–H groups in total. The summed E-state index contributed by atoms with van der Waals surface area (Å²) in [4.78, 5) is 39.1. The van der Waals surface area contributed by atoms with Crippen molar-refractivity contribution in [2.75, 3.05) is 6.61 Å². The first-order valence-electron chi connectivity index (χ1n) is 18.6. The summed E-state index contributed by atoms with van der Waals surface area (Å²) in [5.74, 6) is -1.04. The zero-order chi connectivity index (χ0) is 36.6. The highest BCUT2D eigenvalue weighted by Crippen LogP contribution is 2.74. The van der Waals surface area contributed by atoms with Crippen molar-refractivity contribution < 1.29 is 43.5 Å². The highest BCUT2D eigenvalue weighted by molar-refractivity contribution is 5.89. The Morgan fingerprint density at radius 3 is 2.08 bits per heavy atom. The maximum Gasteiger partial charge on any atom is 0.338 e. The number of hydrogen-bond acceptors (Lipinski definition) is 9. The summed E-state index contributed by atoms with van der Waals surface area (Å²) in [5.41, 5.74) is -0.996. The van der Waals surface area contributed by atoms with Gasteiger partial charge in [-0.25, -0.2) is 4.79 Å². The van der Waals surface area contributed by atoms with Gasteiger partial charge >= 0.3 is 17.9 Å². The molecule has 0 bridgehead atoms. The van der Waals surface area contributed by atoms with E-state index in [1.54, 1.807) is 24.3 Å². The van der Waals surface area contributed by atoms with E-state index in [2.05, 4.69) is 40.7 Å². The van der Waals surface area contributed by atoms with Gasteiger partial charge in [-0.3, -0.25) is 9.59 Å². The highest BCUT2D eigenvalue weighted by atomic mass is 16.6. The molecule has 0 amide bonds. The number of rotatable bonds is 5. The number of hydrogen-bond donors (Lipinski definition) is 2. The molecule has 0 radical (unpaired) electrons. The largest absolute Gasteiger partial charge is 0.462 e. The van der Waals surface area contributed by atoms with Crippen LogP contribution in [0, 0.1) is 45.3 Å². The molecule has 6 rings (SSSR count). The summed E-state index contributed by atoms with van der Waals surface area (Å²) < 4.78 is 25.2. The molecule has 0 spiro atoms. The van der Waals surface area contributed by atoms with Gasteiger partial charge in [-0.05, 0) is 87.2 Å². The Kier molecular flexibility index (Phi) is 9.43. The fraction of sp³-hybridized carbons (Fsp3) is 0.732. The van der Waals surface area contributed by atoms with E-state index in [0.29, 0.717) is 31.4 Å². The molecule has 1 unspecified atom stereocenters. The first kappa shape index (κ1) is 37.0. The maximum atomic E-state index is 13.4. The fourth-order valence-electron chi connectivity index (χ4n) is 12.0. The van der Waals surface area contributed by atoms with Crippen LogP contribution in [0.4, 0.5) is 0 Å². The molecule has 1 heterocycles. The van der Waals surface area contributed by atoms with E-state index in [0.717, 1.165) is 19.3 Å². The number of carbonyl (C=O) groups is 3. The minimum Gasteiger partial charge on any atom is -0.462 e. The predicted molar refractivity (Wildman–Crippen MR) is 187 cm³/mol. The van der Waals surface area contributed by atoms with Crippen LogP contribution in [-0.2, 0) is 28.5 Å². The topological polar surface area (TPSA) is 129 Å². The lowest BCUT2D eigenvalue weighted by molar-refractivity contribution is -0.259. The number of ether oxygens (including phenoxy) is 4. The maximum absolute atomic E-state index is 13.4. The Morgan fingerprint density at radius 1 is 0.800 bits per heavy atom. The lowest BCUT2D eigenvalue weighted by Crippen LogP contribution is -2.70. The van der Waals surface area contributed by atoms with E-state index < -0.39 is 58.3 Å². The van der Waals surface area contributed by atoms with Gasteiger partial charge in [-0.15, -0.1) is 0 Å². The minimum absolute atomic E-state index is 0.0118. The van der Waals surface area contributed by atoms with Gasteiger partial charge in [0.25, 0.3) is 0 Å². The average molecular weight is 695 g/mol. The minimum atomic E-state index is -0.977. The lowest BCUT2D eigenvalue weighted by Gasteiger charge is -2.70. The van der Waals surface area contributed by atoms with Gasteiger partial charge in [0.05, 0.1) is 23.9 Å². The first-order valence-corrected chi connectivity index (χ1v) is 18.6. The van der Waals surface area contributed by atoms with Crippen LogP contribution < -0.4 is 0 Å². The van der Waals surface area contributed by atoms with Crippen molar-refractivity contribution >= 4 is 17.9 Å². The molecule has 1 saturated heterocycles. The van der Waals surface area contributed by atoms with Gasteiger partial charge < -0.3 is 29.2 Å². The number of benzene rings is 1. The molecular formula is C41H58O9. The second kappa shape index (κ2) is 12.7. The standard InChI is InChI=1S/C41H58O9/c1-23(42)48-33-20-31-37(3,4)32(50-36(46)25-13-11-10-12-14-25)21-34(49-24(2)43)41(31,9)30-17-18-39(7)27(15-16-29(39)40(30,33)8)26-19-28(44)35(45)38(5,6)47-22-26/h10-14,16,26-28,30-35,44-45H,15,17-22H2,1-9H3/t26?,27-,28+,30-,31-,32+,33+,34-,35-,39-,40-,41+/m0/s1. The molecule has 12 atom stereocenters. The summed E-state index contributed by atoms with van der Waals surface area (Å²) in [6.07, 6.45) is 2.81. The van der Waals surface area contributed by atoms with E-state index in [9.17, 15) is 24.6 Å². The number of fused-ring (bicyclic) bond motifs is 5. The fourth-order valence-corrected chi connectivity index (χ4v) is 12.0. The van der Waals surface area contributed by atoms with Crippen LogP contribution in [-0.4, -0.2) is 70.8 Å². The van der Waals surface area contributed by atoms with Crippen molar-refractivity contribution in [2.45, 2.75) is 137 Å². The molecule has 1 aromatic rings. The summed E-state index contributed by atoms with van der Waals surface area (Å²) in [5, 5.41) is 21.9. The molecule has 5 aliphatic rings. The van der Waals surface area contributed by atoms with Crippen LogP contribution in [0.1, 0.15) is 111 Å². The summed E-state index contributed by atoms with van der Waals surface area (Å²) in [6.45, 7) is 18.1. The zero-order valence-electron chi connectivity index (χ0n) is 31.4. The molecule has 4 fully saturated rings. The lowest BCUT2D eigenvalue weighted by atomic mass is 9.36. The SMILES string of the molecule is CC(=O)O[C@H]1C[C@@H](OC(=O)c2ccccc2)C(C)(C)[C@@H]2C[C@@H](OC(C)=O)[C@@]3(C)C4=CC[C@@H](C5COC(C)(C)[C@@H](O)[C@H](O)C5)[C@]4(C)CC[C@@H]3[C@@]12C. The molecule has 0 aromatic heterocycles. The second-order valence-corrected chi connectivity index (χ2v) is 17.8. The summed E-state index contributed by atoms with van der Waals surface area (Å²) in [7, 11) is 0. The Bertz CT molecular complexity index is 1520. The van der Waals surface area contributed by atoms with Gasteiger partial charge in [0, 0.05) is 36.5 Å². The van der Waals surface area contributed by atoms with Crippen molar-refractivity contribution in [2.24, 2.45) is 45.3 Å². The second-order valence-electron chi connectivity index (χ2n) is 17.8. The van der Waals surface area contributed by atoms with Crippen molar-refractivity contribution in [3.05, 3.63) is 47.5 Å². The quantitative estimate of drug-likeness (QED) is 0.203. The number of aliphatic hydroxyl groups is 2. The van der Waals surface area contributed by atoms with E-state index in [1.165, 1.54) is 19.4 Å². The molecule has 9 heteroatoms. The van der Waals surface area contributed by atoms with Crippen molar-refractivity contribution in [3.8, 4) is 0 Å². The van der Waals surface area contributed by atoms with E-state index >= 15 is 0 Å². The van der Waals surface area contributed by atoms with Gasteiger partial charge in [0.15, 0.2) is 0 Å². The Labute approximate surface area is 297 Å². The number of esters is 3. The average Bonchev–Trinajstić information content (AvgIpc) is 3.35. The van der Waals surface area contributed by atoms with Crippen LogP contribution in [0.15, 0.2) is 42.0 Å². The van der Waals surface area contributed by atoms with E-state index in [4.69, 9.17) is 18.9 Å². The molecule has 3 saturated carbocycles. The van der Waals surface area contributed by atoms with Gasteiger partial charge in [0.2, 0.25) is 0 Å². The first-order chi connectivity index (χ1) is 23.3. The molecule has 9 nitrogen and oxygen atoms in total. The van der Waals surface area contributed by atoms with Gasteiger partial charge in [-0.2, -0.15) is 0 Å². The Hall–Kier alpha value is -2.75. The van der Waals surface area contributed by atoms with Gasteiger partial charge in [0.1, 0.15) is 24.4 Å². The Morgan fingerprint density at radius 2 is 1.44 bits per heavy atom. The summed E-state index contributed by atoms with van der Waals surface area (Å²) in [6, 6.07) is 8.94. The van der Waals surface area contributed by atoms with Crippen LogP contribution >= 0.6 is 0 Å². The molecular weight excluding hydrogens is 636 g/mol. The smallest absolute Gasteiger partial charge is 0.338 e. The van der Waals surface area contributed by atoms with Crippen LogP contribution in [0.2, 0.25) is 0 Å². The van der Waals surface area contributed by atoms with Gasteiger partial charge in [-0.1, -0.05) is 64.5 Å². The zero-order valence-corrected chi connectivity index (χ0v) is 31.4. The molecule has 4 aliphatic carbocycles. The third kappa shape index (κ3) is 5.74.